The molecule has 0 bridgehead atoms. The van der Waals surface area contributed by atoms with E-state index in [-0.39, 0.29) is 5.91 Å². The lowest BCUT2D eigenvalue weighted by Crippen LogP contribution is -2.25. The molecule has 2 aliphatic rings. The zero-order valence-electron chi connectivity index (χ0n) is 14.7. The lowest BCUT2D eigenvalue weighted by Gasteiger charge is -2.20. The van der Waals surface area contributed by atoms with Crippen LogP contribution in [0.4, 0.5) is 5.13 Å². The average molecular weight is 369 g/mol. The van der Waals surface area contributed by atoms with Crippen LogP contribution in [-0.4, -0.2) is 39.5 Å². The first-order valence-corrected chi connectivity index (χ1v) is 9.65. The van der Waals surface area contributed by atoms with Gasteiger partial charge in [0.15, 0.2) is 5.13 Å². The number of carbonyl (C=O) groups excluding carboxylic acids is 1. The molecular weight excluding hydrogens is 350 g/mol. The zero-order chi connectivity index (χ0) is 17.8. The molecule has 4 heterocycles. The largest absolute Gasteiger partial charge is 0.336 e. The van der Waals surface area contributed by atoms with Gasteiger partial charge in [0, 0.05) is 36.0 Å². The Hall–Kier alpha value is -2.32. The van der Waals surface area contributed by atoms with E-state index in [1.54, 1.807) is 11.3 Å². The van der Waals surface area contributed by atoms with Crippen molar-refractivity contribution in [2.75, 3.05) is 18.9 Å². The molecule has 0 radical (unpaired) electrons. The number of rotatable bonds is 3. The van der Waals surface area contributed by atoms with Gasteiger partial charge in [-0.15, -0.1) is 11.3 Å². The average Bonchev–Trinajstić information content (AvgIpc) is 3.30. The maximum atomic E-state index is 13.0. The van der Waals surface area contributed by atoms with Crippen LogP contribution in [0.5, 0.6) is 0 Å². The van der Waals surface area contributed by atoms with Gasteiger partial charge in [0.2, 0.25) is 0 Å². The molecule has 134 valence electrons. The summed E-state index contributed by atoms with van der Waals surface area (Å²) in [5.74, 6) is 0.254. The Kier molecular flexibility index (Phi) is 3.58. The normalized spacial score (nSPS) is 17.5. The van der Waals surface area contributed by atoms with E-state index in [0.29, 0.717) is 33.4 Å². The van der Waals surface area contributed by atoms with Crippen LogP contribution in [0.25, 0.3) is 11.1 Å². The molecule has 0 saturated heterocycles. The minimum absolute atomic E-state index is 0.176. The first-order valence-electron chi connectivity index (χ1n) is 8.84. The van der Waals surface area contributed by atoms with E-state index in [1.165, 1.54) is 4.88 Å². The molecule has 1 N–H and O–H groups in total. The number of carbonyl (C=O) groups is 1. The summed E-state index contributed by atoms with van der Waals surface area (Å²) in [5, 5.41) is 8.31. The predicted octanol–water partition coefficient (Wildman–Crippen LogP) is 3.11. The summed E-state index contributed by atoms with van der Waals surface area (Å²) in [6.07, 6.45) is 3.15. The van der Waals surface area contributed by atoms with E-state index in [0.717, 1.165) is 43.7 Å². The van der Waals surface area contributed by atoms with Crippen molar-refractivity contribution in [1.29, 1.82) is 0 Å². The van der Waals surface area contributed by atoms with E-state index >= 15 is 0 Å². The van der Waals surface area contributed by atoms with Gasteiger partial charge in [0.1, 0.15) is 0 Å². The minimum atomic E-state index is -0.176. The molecule has 26 heavy (non-hydrogen) atoms. The minimum Gasteiger partial charge on any atom is -0.336 e. The van der Waals surface area contributed by atoms with Crippen LogP contribution in [0.15, 0.2) is 10.6 Å². The van der Waals surface area contributed by atoms with Crippen LogP contribution in [0, 0.1) is 6.92 Å². The molecule has 5 rings (SSSR count). The number of thiazole rings is 1. The fraction of sp³-hybridized carbons (Fsp3) is 0.444. The van der Waals surface area contributed by atoms with E-state index in [2.05, 4.69) is 32.4 Å². The van der Waals surface area contributed by atoms with Gasteiger partial charge in [-0.2, -0.15) is 0 Å². The second kappa shape index (κ2) is 5.85. The Labute approximate surface area is 154 Å². The van der Waals surface area contributed by atoms with E-state index in [4.69, 9.17) is 4.52 Å². The number of hydrogen-bond acceptors (Lipinski definition) is 7. The molecule has 7 nitrogen and oxygen atoms in total. The van der Waals surface area contributed by atoms with E-state index in [1.807, 2.05) is 13.0 Å². The van der Waals surface area contributed by atoms with Crippen molar-refractivity contribution in [1.82, 2.24) is 20.0 Å². The Balaban J connectivity index is 1.49. The van der Waals surface area contributed by atoms with Crippen LogP contribution in [0.2, 0.25) is 0 Å². The summed E-state index contributed by atoms with van der Waals surface area (Å²) in [6.45, 7) is 3.72. The first kappa shape index (κ1) is 15.9. The second-order valence-electron chi connectivity index (χ2n) is 7.15. The highest BCUT2D eigenvalue weighted by Crippen LogP contribution is 2.40. The molecule has 0 aromatic carbocycles. The Morgan fingerprint density at radius 2 is 2.23 bits per heavy atom. The van der Waals surface area contributed by atoms with Crippen molar-refractivity contribution in [2.24, 2.45) is 0 Å². The monoisotopic (exact) mass is 369 g/mol. The van der Waals surface area contributed by atoms with Gasteiger partial charge in [-0.1, -0.05) is 5.16 Å². The van der Waals surface area contributed by atoms with E-state index in [9.17, 15) is 4.79 Å². The smallest absolute Gasteiger partial charge is 0.259 e. The first-order chi connectivity index (χ1) is 12.6. The number of fused-ring (bicyclic) bond motifs is 2. The molecule has 1 fully saturated rings. The number of aryl methyl sites for hydroxylation is 1. The van der Waals surface area contributed by atoms with Gasteiger partial charge in [0.05, 0.1) is 22.3 Å². The van der Waals surface area contributed by atoms with Crippen LogP contribution >= 0.6 is 11.3 Å². The standard InChI is InChI=1S/C18H19N5O2S/c1-9-15-11(7-13(10-3-4-10)19-17(15)25-22-9)16(24)21-18-20-12-5-6-23(2)8-14(12)26-18/h7,10H,3-6,8H2,1-2H3,(H,20,21,24). The molecule has 0 spiro atoms. The van der Waals surface area contributed by atoms with Gasteiger partial charge < -0.3 is 9.42 Å². The van der Waals surface area contributed by atoms with Crippen LogP contribution in [-0.2, 0) is 13.0 Å². The van der Waals surface area contributed by atoms with Crippen LogP contribution in [0.3, 0.4) is 0 Å². The fourth-order valence-corrected chi connectivity index (χ4v) is 4.51. The van der Waals surface area contributed by atoms with Gasteiger partial charge in [-0.3, -0.25) is 10.1 Å². The number of anilines is 1. The molecule has 1 aliphatic heterocycles. The van der Waals surface area contributed by atoms with Crippen molar-refractivity contribution in [3.05, 3.63) is 33.6 Å². The summed E-state index contributed by atoms with van der Waals surface area (Å²) in [6, 6.07) is 1.89. The molecular formula is C18H19N5O2S. The summed E-state index contributed by atoms with van der Waals surface area (Å²) in [4.78, 5) is 25.7. The van der Waals surface area contributed by atoms with Gasteiger partial charge in [-0.25, -0.2) is 9.97 Å². The SMILES string of the molecule is Cc1noc2nc(C3CC3)cc(C(=O)Nc3nc4c(s3)CN(C)CC4)c12. The molecule has 0 atom stereocenters. The number of pyridine rings is 1. The van der Waals surface area contributed by atoms with Gasteiger partial charge >= 0.3 is 0 Å². The molecule has 1 saturated carbocycles. The van der Waals surface area contributed by atoms with Crippen molar-refractivity contribution in [3.63, 3.8) is 0 Å². The van der Waals surface area contributed by atoms with Gasteiger partial charge in [0.25, 0.3) is 11.6 Å². The lowest BCUT2D eigenvalue weighted by molar-refractivity contribution is 0.102. The molecule has 0 unspecified atom stereocenters. The highest BCUT2D eigenvalue weighted by atomic mass is 32.1. The summed E-state index contributed by atoms with van der Waals surface area (Å²) < 4.78 is 5.33. The van der Waals surface area contributed by atoms with Crippen molar-refractivity contribution < 1.29 is 9.32 Å². The summed E-state index contributed by atoms with van der Waals surface area (Å²) >= 11 is 1.56. The predicted molar refractivity (Wildman–Crippen MR) is 98.6 cm³/mol. The highest BCUT2D eigenvalue weighted by Gasteiger charge is 2.29. The maximum absolute atomic E-state index is 13.0. The third kappa shape index (κ3) is 2.69. The number of hydrogen-bond donors (Lipinski definition) is 1. The number of nitrogens with one attached hydrogen (secondary N) is 1. The van der Waals surface area contributed by atoms with Crippen molar-refractivity contribution in [2.45, 2.75) is 38.6 Å². The molecule has 1 aliphatic carbocycles. The molecule has 3 aromatic rings. The van der Waals surface area contributed by atoms with Gasteiger partial charge in [-0.05, 0) is 32.9 Å². The van der Waals surface area contributed by atoms with Crippen molar-refractivity contribution >= 4 is 33.5 Å². The number of likely N-dealkylation sites (N-methyl/N-ethyl adjacent to an activating group) is 1. The van der Waals surface area contributed by atoms with Crippen LogP contribution in [0.1, 0.15) is 51.1 Å². The molecule has 3 aromatic heterocycles. The lowest BCUT2D eigenvalue weighted by atomic mass is 10.1. The Morgan fingerprint density at radius 1 is 1.38 bits per heavy atom. The maximum Gasteiger partial charge on any atom is 0.259 e. The topological polar surface area (TPSA) is 84.1 Å². The summed E-state index contributed by atoms with van der Waals surface area (Å²) in [7, 11) is 2.10. The summed E-state index contributed by atoms with van der Waals surface area (Å²) in [5.41, 5.74) is 3.71. The van der Waals surface area contributed by atoms with E-state index < -0.39 is 0 Å². The zero-order valence-corrected chi connectivity index (χ0v) is 15.5. The third-order valence-corrected chi connectivity index (χ3v) is 6.02. The Bertz CT molecular complexity index is 1020. The fourth-order valence-electron chi connectivity index (χ4n) is 3.42. The second-order valence-corrected chi connectivity index (χ2v) is 8.23. The molecule has 1 amide bonds. The Morgan fingerprint density at radius 3 is 3.04 bits per heavy atom. The number of nitrogens with zero attached hydrogens (tertiary/aromatic N) is 4. The molecule has 8 heteroatoms. The third-order valence-electron chi connectivity index (χ3n) is 5.02. The highest BCUT2D eigenvalue weighted by molar-refractivity contribution is 7.15. The van der Waals surface area contributed by atoms with Crippen LogP contribution < -0.4 is 5.32 Å². The van der Waals surface area contributed by atoms with Crippen molar-refractivity contribution in [3.8, 4) is 0 Å². The number of amides is 1. The quantitative estimate of drug-likeness (QED) is 0.764. The number of aromatic nitrogens is 3.